The first kappa shape index (κ1) is 22.0. The molecular formula is C24H15Cl2FN6O. The van der Waals surface area contributed by atoms with Crippen molar-refractivity contribution in [3.63, 3.8) is 0 Å². The zero-order valence-corrected chi connectivity index (χ0v) is 19.5. The van der Waals surface area contributed by atoms with Gasteiger partial charge in [0.15, 0.2) is 0 Å². The van der Waals surface area contributed by atoms with Gasteiger partial charge in [0.05, 0.1) is 49.7 Å². The van der Waals surface area contributed by atoms with Crippen LogP contribution in [0.5, 0.6) is 0 Å². The second kappa shape index (κ2) is 8.20. The highest BCUT2D eigenvalue weighted by molar-refractivity contribution is 6.36. The lowest BCUT2D eigenvalue weighted by Gasteiger charge is -2.13. The smallest absolute Gasteiger partial charge is 0.267 e. The van der Waals surface area contributed by atoms with Crippen molar-refractivity contribution in [2.24, 2.45) is 7.05 Å². The summed E-state index contributed by atoms with van der Waals surface area (Å²) in [5.41, 5.74) is 2.28. The molecule has 0 amide bonds. The summed E-state index contributed by atoms with van der Waals surface area (Å²) in [4.78, 5) is 16.5. The minimum Gasteiger partial charge on any atom is -0.267 e. The molecule has 1 N–H and O–H groups in total. The predicted molar refractivity (Wildman–Crippen MR) is 129 cm³/mol. The van der Waals surface area contributed by atoms with Crippen LogP contribution in [0.25, 0.3) is 44.1 Å². The number of fused-ring (bicyclic) bond motifs is 2. The molecule has 0 atom stereocenters. The van der Waals surface area contributed by atoms with Gasteiger partial charge in [0, 0.05) is 35.6 Å². The van der Waals surface area contributed by atoms with E-state index in [1.165, 1.54) is 16.9 Å². The summed E-state index contributed by atoms with van der Waals surface area (Å²) in [5.74, 6) is -0.622. The second-order valence-electron chi connectivity index (χ2n) is 7.70. The SMILES string of the molecule is CCc1n[nH]c(=O)c2c(Cl)cc(-c3cnn(C)c3-c3c(F)cc4ncc(Cl)cc4c3C#N)cc12. The molecule has 168 valence electrons. The molecule has 0 bridgehead atoms. The van der Waals surface area contributed by atoms with Crippen molar-refractivity contribution < 1.29 is 4.39 Å². The fourth-order valence-electron chi connectivity index (χ4n) is 4.23. The standard InChI is InChI=1S/C24H15Cl2FN6O/c1-3-19-14-4-11(5-17(26)21(14)24(34)32-31-19)16-10-30-33(2)23(16)22-15(8-28)13-6-12(25)9-29-20(13)7-18(22)27/h4-7,9-10H,3H2,1-2H3,(H,32,34). The number of hydrogen-bond acceptors (Lipinski definition) is 5. The molecule has 0 saturated heterocycles. The third-order valence-electron chi connectivity index (χ3n) is 5.76. The molecule has 0 spiro atoms. The van der Waals surface area contributed by atoms with E-state index in [9.17, 15) is 10.1 Å². The van der Waals surface area contributed by atoms with Crippen LogP contribution >= 0.6 is 23.2 Å². The zero-order chi connectivity index (χ0) is 24.1. The molecule has 0 aliphatic heterocycles. The van der Waals surface area contributed by atoms with Crippen molar-refractivity contribution in [1.82, 2.24) is 25.0 Å². The van der Waals surface area contributed by atoms with Crippen molar-refractivity contribution in [3.05, 3.63) is 74.1 Å². The summed E-state index contributed by atoms with van der Waals surface area (Å²) >= 11 is 12.6. The number of aryl methyl sites for hydroxylation is 2. The number of pyridine rings is 1. The van der Waals surface area contributed by atoms with Crippen molar-refractivity contribution in [2.45, 2.75) is 13.3 Å². The van der Waals surface area contributed by atoms with Crippen LogP contribution in [-0.2, 0) is 13.5 Å². The van der Waals surface area contributed by atoms with Gasteiger partial charge in [-0.1, -0.05) is 30.1 Å². The summed E-state index contributed by atoms with van der Waals surface area (Å²) in [6.07, 6.45) is 3.54. The number of aromatic amines is 1. The van der Waals surface area contributed by atoms with E-state index in [4.69, 9.17) is 23.2 Å². The molecule has 0 radical (unpaired) electrons. The van der Waals surface area contributed by atoms with Crippen molar-refractivity contribution >= 4 is 44.9 Å². The van der Waals surface area contributed by atoms with Crippen LogP contribution < -0.4 is 5.56 Å². The molecule has 5 aromatic rings. The monoisotopic (exact) mass is 492 g/mol. The van der Waals surface area contributed by atoms with Gasteiger partial charge in [0.1, 0.15) is 11.9 Å². The number of halogens is 3. The molecule has 3 heterocycles. The molecule has 3 aromatic heterocycles. The number of aromatic nitrogens is 5. The van der Waals surface area contributed by atoms with Gasteiger partial charge in [-0.3, -0.25) is 14.5 Å². The fourth-order valence-corrected chi connectivity index (χ4v) is 4.69. The zero-order valence-electron chi connectivity index (χ0n) is 17.9. The van der Waals surface area contributed by atoms with E-state index in [0.29, 0.717) is 55.6 Å². The van der Waals surface area contributed by atoms with E-state index in [1.807, 2.05) is 6.92 Å². The molecule has 0 fully saturated rings. The van der Waals surface area contributed by atoms with Gasteiger partial charge in [-0.2, -0.15) is 15.5 Å². The average molecular weight is 493 g/mol. The van der Waals surface area contributed by atoms with E-state index in [0.717, 1.165) is 0 Å². The number of rotatable bonds is 3. The highest BCUT2D eigenvalue weighted by Gasteiger charge is 2.24. The second-order valence-corrected chi connectivity index (χ2v) is 8.55. The van der Waals surface area contributed by atoms with Crippen LogP contribution in [-0.4, -0.2) is 25.0 Å². The number of hydrogen-bond donors (Lipinski definition) is 1. The quantitative estimate of drug-likeness (QED) is 0.362. The molecule has 5 rings (SSSR count). The molecule has 0 unspecified atom stereocenters. The van der Waals surface area contributed by atoms with E-state index in [1.54, 1.807) is 31.4 Å². The Labute approximate surface area is 202 Å². The Balaban J connectivity index is 1.85. The van der Waals surface area contributed by atoms with Gasteiger partial charge < -0.3 is 0 Å². The number of nitrogens with one attached hydrogen (secondary N) is 1. The predicted octanol–water partition coefficient (Wildman–Crippen LogP) is 5.42. The number of benzene rings is 2. The maximum absolute atomic E-state index is 15.5. The summed E-state index contributed by atoms with van der Waals surface area (Å²) in [6.45, 7) is 1.92. The first-order valence-electron chi connectivity index (χ1n) is 10.3. The van der Waals surface area contributed by atoms with Crippen molar-refractivity contribution in [2.75, 3.05) is 0 Å². The van der Waals surface area contributed by atoms with E-state index in [2.05, 4.69) is 26.3 Å². The van der Waals surface area contributed by atoms with Crippen LogP contribution in [0, 0.1) is 17.1 Å². The lowest BCUT2D eigenvalue weighted by atomic mass is 9.94. The highest BCUT2D eigenvalue weighted by atomic mass is 35.5. The van der Waals surface area contributed by atoms with Crippen LogP contribution in [0.4, 0.5) is 4.39 Å². The molecule has 7 nitrogen and oxygen atoms in total. The molecule has 0 saturated carbocycles. The molecule has 10 heteroatoms. The molecule has 0 aliphatic carbocycles. The minimum atomic E-state index is -0.622. The largest absolute Gasteiger partial charge is 0.273 e. The van der Waals surface area contributed by atoms with Gasteiger partial charge in [-0.15, -0.1) is 0 Å². The molecule has 34 heavy (non-hydrogen) atoms. The van der Waals surface area contributed by atoms with Gasteiger partial charge in [0.2, 0.25) is 0 Å². The Hall–Kier alpha value is -3.80. The molecule has 2 aromatic carbocycles. The minimum absolute atomic E-state index is 0.0741. The summed E-state index contributed by atoms with van der Waals surface area (Å²) in [5, 5.41) is 22.8. The third kappa shape index (κ3) is 3.33. The molecule has 0 aliphatic rings. The van der Waals surface area contributed by atoms with Gasteiger partial charge in [-0.25, -0.2) is 9.49 Å². The first-order chi connectivity index (χ1) is 16.3. The van der Waals surface area contributed by atoms with Gasteiger partial charge in [0.25, 0.3) is 5.56 Å². The first-order valence-corrected chi connectivity index (χ1v) is 11.0. The lowest BCUT2D eigenvalue weighted by Crippen LogP contribution is -2.11. The number of nitrogens with zero attached hydrogens (tertiary/aromatic N) is 5. The highest BCUT2D eigenvalue weighted by Crippen LogP contribution is 2.40. The summed E-state index contributed by atoms with van der Waals surface area (Å²) in [6, 6.07) is 8.37. The number of nitriles is 1. The number of H-pyrrole nitrogens is 1. The summed E-state index contributed by atoms with van der Waals surface area (Å²) < 4.78 is 17.0. The van der Waals surface area contributed by atoms with Gasteiger partial charge in [-0.05, 0) is 30.2 Å². The Morgan fingerprint density at radius 1 is 1.18 bits per heavy atom. The topological polar surface area (TPSA) is 100 Å². The lowest BCUT2D eigenvalue weighted by molar-refractivity contribution is 0.629. The van der Waals surface area contributed by atoms with Gasteiger partial charge >= 0.3 is 0 Å². The average Bonchev–Trinajstić information content (AvgIpc) is 3.19. The van der Waals surface area contributed by atoms with Crippen LogP contribution in [0.1, 0.15) is 18.2 Å². The third-order valence-corrected chi connectivity index (χ3v) is 6.27. The Kier molecular flexibility index (Phi) is 5.31. The van der Waals surface area contributed by atoms with E-state index in [-0.39, 0.29) is 16.1 Å². The van der Waals surface area contributed by atoms with E-state index >= 15 is 4.39 Å². The normalized spacial score (nSPS) is 11.3. The van der Waals surface area contributed by atoms with Crippen LogP contribution in [0.2, 0.25) is 10.0 Å². The van der Waals surface area contributed by atoms with Crippen LogP contribution in [0.15, 0.2) is 41.5 Å². The Bertz CT molecular complexity index is 1730. The maximum atomic E-state index is 15.5. The van der Waals surface area contributed by atoms with E-state index < -0.39 is 11.4 Å². The fraction of sp³-hybridized carbons (Fsp3) is 0.125. The Morgan fingerprint density at radius 3 is 2.71 bits per heavy atom. The van der Waals surface area contributed by atoms with Crippen LogP contribution in [0.3, 0.4) is 0 Å². The summed E-state index contributed by atoms with van der Waals surface area (Å²) in [7, 11) is 1.66. The van der Waals surface area contributed by atoms with Crippen molar-refractivity contribution in [3.8, 4) is 28.5 Å². The Morgan fingerprint density at radius 2 is 1.97 bits per heavy atom. The molecular weight excluding hydrogens is 478 g/mol. The van der Waals surface area contributed by atoms with Crippen molar-refractivity contribution in [1.29, 1.82) is 5.26 Å². The maximum Gasteiger partial charge on any atom is 0.273 e.